The van der Waals surface area contributed by atoms with Crippen molar-refractivity contribution < 1.29 is 8.42 Å². The Morgan fingerprint density at radius 2 is 1.78 bits per heavy atom. The topological polar surface area (TPSA) is 72.0 Å². The molecule has 0 saturated carbocycles. The summed E-state index contributed by atoms with van der Waals surface area (Å²) >= 11 is 0. The van der Waals surface area contributed by atoms with Gasteiger partial charge in [0, 0.05) is 35.1 Å². The van der Waals surface area contributed by atoms with Gasteiger partial charge >= 0.3 is 0 Å². The smallest absolute Gasteiger partial charge is 0.264 e. The van der Waals surface area contributed by atoms with Crippen LogP contribution in [0.3, 0.4) is 0 Å². The molecule has 0 aliphatic carbocycles. The molecule has 0 bridgehead atoms. The molecule has 1 N–H and O–H groups in total. The Hall–Kier alpha value is -3.69. The minimum absolute atomic E-state index is 0.209. The van der Waals surface area contributed by atoms with Gasteiger partial charge < -0.3 is 0 Å². The number of sulfonamides is 1. The molecule has 2 aromatic carbocycles. The molecule has 5 nitrogen and oxygen atoms in total. The van der Waals surface area contributed by atoms with Crippen molar-refractivity contribution in [3.05, 3.63) is 95.4 Å². The standard InChI is InChI=1S/C26H23N3O2S/c1-3-19-16-20(18-27-17-19)11-12-22-8-5-6-10-24(22)29-32(30,31)26-21(4-2)13-14-23-9-7-15-28-25(23)26/h5-10,13-18,29H,3-4H2,1-2H3. The maximum atomic E-state index is 13.5. The molecule has 6 heteroatoms. The Morgan fingerprint density at radius 1 is 0.938 bits per heavy atom. The van der Waals surface area contributed by atoms with Gasteiger partial charge in [-0.15, -0.1) is 0 Å². The SMILES string of the molecule is CCc1cncc(C#Cc2ccccc2NS(=O)(=O)c2c(CC)ccc3cccnc23)c1. The largest absolute Gasteiger partial charge is 0.278 e. The zero-order valence-electron chi connectivity index (χ0n) is 18.0. The van der Waals surface area contributed by atoms with Crippen molar-refractivity contribution in [3.8, 4) is 11.8 Å². The fourth-order valence-corrected chi connectivity index (χ4v) is 5.06. The number of nitrogens with one attached hydrogen (secondary N) is 1. The number of hydrogen-bond donors (Lipinski definition) is 1. The number of benzene rings is 2. The van der Waals surface area contributed by atoms with Crippen LogP contribution < -0.4 is 4.72 Å². The summed E-state index contributed by atoms with van der Waals surface area (Å²) in [7, 11) is -3.89. The van der Waals surface area contributed by atoms with E-state index in [-0.39, 0.29) is 4.90 Å². The third-order valence-electron chi connectivity index (χ3n) is 5.18. The van der Waals surface area contributed by atoms with E-state index in [9.17, 15) is 8.42 Å². The zero-order chi connectivity index (χ0) is 22.6. The number of pyridine rings is 2. The van der Waals surface area contributed by atoms with Crippen LogP contribution in [0.4, 0.5) is 5.69 Å². The van der Waals surface area contributed by atoms with Crippen molar-refractivity contribution in [2.45, 2.75) is 31.6 Å². The quantitative estimate of drug-likeness (QED) is 0.445. The van der Waals surface area contributed by atoms with E-state index in [1.807, 2.05) is 43.5 Å². The maximum Gasteiger partial charge on any atom is 0.264 e. The summed E-state index contributed by atoms with van der Waals surface area (Å²) in [6.45, 7) is 3.99. The fraction of sp³-hybridized carbons (Fsp3) is 0.154. The molecule has 0 atom stereocenters. The van der Waals surface area contributed by atoms with Crippen LogP contribution in [0.1, 0.15) is 36.1 Å². The molecule has 0 spiro atoms. The van der Waals surface area contributed by atoms with Crippen LogP contribution in [-0.2, 0) is 22.9 Å². The second kappa shape index (κ2) is 9.21. The molecule has 4 rings (SSSR count). The summed E-state index contributed by atoms with van der Waals surface area (Å²) in [4.78, 5) is 8.78. The summed E-state index contributed by atoms with van der Waals surface area (Å²) in [6.07, 6.45) is 6.58. The van der Waals surface area contributed by atoms with Crippen molar-refractivity contribution in [3.63, 3.8) is 0 Å². The van der Waals surface area contributed by atoms with Gasteiger partial charge in [-0.25, -0.2) is 8.42 Å². The Kier molecular flexibility index (Phi) is 6.20. The molecular weight excluding hydrogens is 418 g/mol. The van der Waals surface area contributed by atoms with Crippen LogP contribution >= 0.6 is 0 Å². The highest BCUT2D eigenvalue weighted by molar-refractivity contribution is 7.93. The van der Waals surface area contributed by atoms with Crippen molar-refractivity contribution >= 4 is 26.6 Å². The highest BCUT2D eigenvalue weighted by Gasteiger charge is 2.23. The highest BCUT2D eigenvalue weighted by atomic mass is 32.2. The minimum atomic E-state index is -3.89. The third-order valence-corrected chi connectivity index (χ3v) is 6.66. The highest BCUT2D eigenvalue weighted by Crippen LogP contribution is 2.28. The van der Waals surface area contributed by atoms with Gasteiger partial charge in [0.05, 0.1) is 11.2 Å². The van der Waals surface area contributed by atoms with Crippen molar-refractivity contribution in [2.75, 3.05) is 4.72 Å². The van der Waals surface area contributed by atoms with E-state index in [0.29, 0.717) is 23.2 Å². The number of hydrogen-bond acceptors (Lipinski definition) is 4. The molecule has 0 aliphatic rings. The molecule has 0 radical (unpaired) electrons. The Labute approximate surface area is 188 Å². The normalized spacial score (nSPS) is 11.1. The van der Waals surface area contributed by atoms with Crippen molar-refractivity contribution in [1.82, 2.24) is 9.97 Å². The summed E-state index contributed by atoms with van der Waals surface area (Å²) in [5.74, 6) is 6.18. The average Bonchev–Trinajstić information content (AvgIpc) is 2.82. The Bertz CT molecular complexity index is 1450. The average molecular weight is 442 g/mol. The predicted molar refractivity (Wildman–Crippen MR) is 128 cm³/mol. The Morgan fingerprint density at radius 3 is 2.59 bits per heavy atom. The number of rotatable bonds is 5. The van der Waals surface area contributed by atoms with E-state index in [1.165, 1.54) is 0 Å². The van der Waals surface area contributed by atoms with Crippen LogP contribution in [0.15, 0.2) is 78.1 Å². The Balaban J connectivity index is 1.75. The molecule has 160 valence electrons. The van der Waals surface area contributed by atoms with Gasteiger partial charge in [-0.2, -0.15) is 0 Å². The number of fused-ring (bicyclic) bond motifs is 1. The van der Waals surface area contributed by atoms with Gasteiger partial charge in [0.25, 0.3) is 10.0 Å². The van der Waals surface area contributed by atoms with Crippen molar-refractivity contribution in [1.29, 1.82) is 0 Å². The monoisotopic (exact) mass is 441 g/mol. The lowest BCUT2D eigenvalue weighted by Crippen LogP contribution is -2.16. The zero-order valence-corrected chi connectivity index (χ0v) is 18.8. The summed E-state index contributed by atoms with van der Waals surface area (Å²) < 4.78 is 29.7. The lowest BCUT2D eigenvalue weighted by molar-refractivity contribution is 0.601. The molecular formula is C26H23N3O2S. The van der Waals surface area contributed by atoms with Gasteiger partial charge in [-0.05, 0) is 48.2 Å². The first-order chi connectivity index (χ1) is 15.5. The molecule has 4 aromatic rings. The first-order valence-corrected chi connectivity index (χ1v) is 11.9. The number of anilines is 1. The summed E-state index contributed by atoms with van der Waals surface area (Å²) in [5.41, 5.74) is 4.08. The van der Waals surface area contributed by atoms with Gasteiger partial charge in [0.1, 0.15) is 4.90 Å². The summed E-state index contributed by atoms with van der Waals surface area (Å²) in [5, 5.41) is 0.779. The summed E-state index contributed by atoms with van der Waals surface area (Å²) in [6, 6.07) is 16.5. The van der Waals surface area contributed by atoms with E-state index in [0.717, 1.165) is 28.5 Å². The van der Waals surface area contributed by atoms with Crippen LogP contribution in [0, 0.1) is 11.8 Å². The van der Waals surface area contributed by atoms with E-state index >= 15 is 0 Å². The van der Waals surface area contributed by atoms with E-state index < -0.39 is 10.0 Å². The van der Waals surface area contributed by atoms with E-state index in [2.05, 4.69) is 33.5 Å². The molecule has 0 fully saturated rings. The van der Waals surface area contributed by atoms with E-state index in [4.69, 9.17) is 0 Å². The fourth-order valence-electron chi connectivity index (χ4n) is 3.50. The molecule has 0 saturated heterocycles. The van der Waals surface area contributed by atoms with Gasteiger partial charge in [0.15, 0.2) is 0 Å². The van der Waals surface area contributed by atoms with Gasteiger partial charge in [-0.1, -0.05) is 56.0 Å². The second-order valence-electron chi connectivity index (χ2n) is 7.32. The molecule has 0 unspecified atom stereocenters. The molecule has 2 heterocycles. The number of aromatic nitrogens is 2. The van der Waals surface area contributed by atoms with Crippen LogP contribution in [0.2, 0.25) is 0 Å². The lowest BCUT2D eigenvalue weighted by Gasteiger charge is -2.14. The number of para-hydroxylation sites is 1. The number of nitrogens with zero attached hydrogens (tertiary/aromatic N) is 2. The first-order valence-electron chi connectivity index (χ1n) is 10.5. The van der Waals surface area contributed by atoms with Crippen molar-refractivity contribution in [2.24, 2.45) is 0 Å². The molecule has 0 aliphatic heterocycles. The maximum absolute atomic E-state index is 13.5. The number of aryl methyl sites for hydroxylation is 2. The van der Waals surface area contributed by atoms with Gasteiger partial charge in [0.2, 0.25) is 0 Å². The van der Waals surface area contributed by atoms with E-state index in [1.54, 1.807) is 36.7 Å². The molecule has 0 amide bonds. The predicted octanol–water partition coefficient (Wildman–Crippen LogP) is 4.96. The van der Waals surface area contributed by atoms with Crippen LogP contribution in [0.25, 0.3) is 10.9 Å². The van der Waals surface area contributed by atoms with Gasteiger partial charge in [-0.3, -0.25) is 14.7 Å². The van der Waals surface area contributed by atoms with Crippen LogP contribution in [0.5, 0.6) is 0 Å². The first kappa shape index (κ1) is 21.5. The minimum Gasteiger partial charge on any atom is -0.278 e. The second-order valence-corrected chi connectivity index (χ2v) is 8.94. The van der Waals surface area contributed by atoms with Crippen LogP contribution in [-0.4, -0.2) is 18.4 Å². The molecule has 2 aromatic heterocycles. The lowest BCUT2D eigenvalue weighted by atomic mass is 10.1. The molecule has 32 heavy (non-hydrogen) atoms. The third kappa shape index (κ3) is 4.48.